The van der Waals surface area contributed by atoms with Crippen molar-refractivity contribution in [3.8, 4) is 5.75 Å². The molecular formula is C13H20FNO2. The molecule has 3 nitrogen and oxygen atoms in total. The smallest absolute Gasteiger partial charge is 0.126 e. The van der Waals surface area contributed by atoms with Crippen molar-refractivity contribution in [2.45, 2.75) is 13.3 Å². The van der Waals surface area contributed by atoms with Gasteiger partial charge in [-0.2, -0.15) is 0 Å². The van der Waals surface area contributed by atoms with Crippen LogP contribution in [0.15, 0.2) is 18.2 Å². The van der Waals surface area contributed by atoms with Crippen LogP contribution in [0.25, 0.3) is 0 Å². The summed E-state index contributed by atoms with van der Waals surface area (Å²) in [7, 11) is 1.69. The predicted molar refractivity (Wildman–Crippen MR) is 66.0 cm³/mol. The molecule has 0 atom stereocenters. The topological polar surface area (TPSA) is 30.5 Å². The van der Waals surface area contributed by atoms with Crippen LogP contribution in [0, 0.1) is 12.7 Å². The summed E-state index contributed by atoms with van der Waals surface area (Å²) < 4.78 is 23.4. The monoisotopic (exact) mass is 241 g/mol. The normalized spacial score (nSPS) is 10.5. The fourth-order valence-electron chi connectivity index (χ4n) is 1.41. The van der Waals surface area contributed by atoms with Gasteiger partial charge in [0.05, 0.1) is 0 Å². The predicted octanol–water partition coefficient (Wildman–Crippen LogP) is 2.14. The second kappa shape index (κ2) is 8.03. The van der Waals surface area contributed by atoms with Gasteiger partial charge in [0.15, 0.2) is 0 Å². The maximum atomic E-state index is 13.0. The van der Waals surface area contributed by atoms with Crippen LogP contribution in [-0.4, -0.2) is 33.4 Å². The molecule has 0 amide bonds. The van der Waals surface area contributed by atoms with Gasteiger partial charge in [-0.15, -0.1) is 0 Å². The number of ether oxygens (including phenoxy) is 2. The Hall–Kier alpha value is -1.13. The zero-order chi connectivity index (χ0) is 12.5. The van der Waals surface area contributed by atoms with Gasteiger partial charge < -0.3 is 14.8 Å². The zero-order valence-corrected chi connectivity index (χ0v) is 10.5. The van der Waals surface area contributed by atoms with Gasteiger partial charge in [-0.1, -0.05) is 0 Å². The molecule has 0 aliphatic carbocycles. The highest BCUT2D eigenvalue weighted by atomic mass is 19.1. The van der Waals surface area contributed by atoms with Crippen LogP contribution >= 0.6 is 0 Å². The standard InChI is InChI=1S/C13H20FNO2/c1-11-10-12(4-5-13(11)14)17-9-7-15-6-3-8-16-2/h4-5,10,15H,3,6-9H2,1-2H3. The first-order valence-corrected chi connectivity index (χ1v) is 5.82. The third kappa shape index (κ3) is 5.65. The minimum Gasteiger partial charge on any atom is -0.492 e. The first kappa shape index (κ1) is 13.9. The summed E-state index contributed by atoms with van der Waals surface area (Å²) in [5.74, 6) is 0.512. The molecule has 0 aliphatic rings. The van der Waals surface area contributed by atoms with Gasteiger partial charge >= 0.3 is 0 Å². The van der Waals surface area contributed by atoms with Crippen molar-refractivity contribution >= 4 is 0 Å². The molecule has 1 N–H and O–H groups in total. The summed E-state index contributed by atoms with van der Waals surface area (Å²) in [6.07, 6.45) is 0.992. The molecule has 0 spiro atoms. The van der Waals surface area contributed by atoms with Crippen LogP contribution < -0.4 is 10.1 Å². The van der Waals surface area contributed by atoms with E-state index < -0.39 is 0 Å². The van der Waals surface area contributed by atoms with E-state index in [1.54, 1.807) is 26.2 Å². The summed E-state index contributed by atoms with van der Waals surface area (Å²) >= 11 is 0. The maximum absolute atomic E-state index is 13.0. The highest BCUT2D eigenvalue weighted by Gasteiger charge is 1.99. The van der Waals surface area contributed by atoms with Crippen molar-refractivity contribution in [1.82, 2.24) is 5.32 Å². The molecule has 1 aromatic carbocycles. The Morgan fingerprint density at radius 2 is 2.06 bits per heavy atom. The molecule has 1 aromatic rings. The molecule has 0 unspecified atom stereocenters. The number of rotatable bonds is 8. The number of aryl methyl sites for hydroxylation is 1. The molecule has 4 heteroatoms. The molecule has 0 bridgehead atoms. The highest BCUT2D eigenvalue weighted by molar-refractivity contribution is 5.28. The molecule has 0 aliphatic heterocycles. The summed E-state index contributed by atoms with van der Waals surface area (Å²) in [5, 5.41) is 3.24. The van der Waals surface area contributed by atoms with Crippen LogP contribution in [0.2, 0.25) is 0 Å². The van der Waals surface area contributed by atoms with E-state index >= 15 is 0 Å². The van der Waals surface area contributed by atoms with Crippen molar-refractivity contribution < 1.29 is 13.9 Å². The Labute approximate surface area is 102 Å². The van der Waals surface area contributed by atoms with Crippen molar-refractivity contribution in [3.05, 3.63) is 29.6 Å². The van der Waals surface area contributed by atoms with Gasteiger partial charge in [0.2, 0.25) is 0 Å². The van der Waals surface area contributed by atoms with Crippen molar-refractivity contribution in [3.63, 3.8) is 0 Å². The highest BCUT2D eigenvalue weighted by Crippen LogP contribution is 2.15. The van der Waals surface area contributed by atoms with Crippen molar-refractivity contribution in [2.75, 3.05) is 33.4 Å². The molecule has 0 saturated heterocycles. The van der Waals surface area contributed by atoms with Gasteiger partial charge in [0.1, 0.15) is 18.2 Å². The first-order chi connectivity index (χ1) is 8.24. The maximum Gasteiger partial charge on any atom is 0.126 e. The second-order valence-corrected chi connectivity index (χ2v) is 3.86. The number of halogens is 1. The van der Waals surface area contributed by atoms with Crippen LogP contribution in [0.4, 0.5) is 4.39 Å². The number of methoxy groups -OCH3 is 1. The fraction of sp³-hybridized carbons (Fsp3) is 0.538. The van der Waals surface area contributed by atoms with Crippen LogP contribution in [0.3, 0.4) is 0 Å². The van der Waals surface area contributed by atoms with E-state index in [0.29, 0.717) is 17.9 Å². The summed E-state index contributed by atoms with van der Waals surface area (Å²) in [6.45, 7) is 4.77. The number of hydrogen-bond acceptors (Lipinski definition) is 3. The zero-order valence-electron chi connectivity index (χ0n) is 10.5. The van der Waals surface area contributed by atoms with Gasteiger partial charge in [-0.3, -0.25) is 0 Å². The Balaban J connectivity index is 2.11. The molecule has 96 valence electrons. The van der Waals surface area contributed by atoms with Crippen LogP contribution in [0.5, 0.6) is 5.75 Å². The van der Waals surface area contributed by atoms with Gasteiger partial charge in [-0.05, 0) is 43.7 Å². The Bertz CT molecular complexity index is 331. The lowest BCUT2D eigenvalue weighted by Gasteiger charge is -2.08. The first-order valence-electron chi connectivity index (χ1n) is 5.82. The largest absolute Gasteiger partial charge is 0.492 e. The van der Waals surface area contributed by atoms with E-state index in [4.69, 9.17) is 9.47 Å². The van der Waals surface area contributed by atoms with Gasteiger partial charge in [-0.25, -0.2) is 4.39 Å². The van der Waals surface area contributed by atoms with Crippen molar-refractivity contribution in [1.29, 1.82) is 0 Å². The lowest BCUT2D eigenvalue weighted by Crippen LogP contribution is -2.22. The molecule has 0 saturated carbocycles. The second-order valence-electron chi connectivity index (χ2n) is 3.86. The van der Waals surface area contributed by atoms with E-state index in [0.717, 1.165) is 26.1 Å². The average molecular weight is 241 g/mol. The quantitative estimate of drug-likeness (QED) is 0.707. The molecule has 0 radical (unpaired) electrons. The summed E-state index contributed by atoms with van der Waals surface area (Å²) in [4.78, 5) is 0. The molecule has 0 aromatic heterocycles. The molecule has 0 heterocycles. The van der Waals surface area contributed by atoms with Gasteiger partial charge in [0.25, 0.3) is 0 Å². The SMILES string of the molecule is COCCCNCCOc1ccc(F)c(C)c1. The lowest BCUT2D eigenvalue weighted by molar-refractivity contribution is 0.193. The van der Waals surface area contributed by atoms with E-state index in [1.807, 2.05) is 0 Å². The number of nitrogens with one attached hydrogen (secondary N) is 1. The van der Waals surface area contributed by atoms with E-state index in [9.17, 15) is 4.39 Å². The van der Waals surface area contributed by atoms with Crippen molar-refractivity contribution in [2.24, 2.45) is 0 Å². The van der Waals surface area contributed by atoms with Crippen LogP contribution in [0.1, 0.15) is 12.0 Å². The third-order valence-corrected chi connectivity index (χ3v) is 2.38. The minimum absolute atomic E-state index is 0.199. The fourth-order valence-corrected chi connectivity index (χ4v) is 1.41. The van der Waals surface area contributed by atoms with E-state index in [-0.39, 0.29) is 5.82 Å². The van der Waals surface area contributed by atoms with Gasteiger partial charge in [0, 0.05) is 20.3 Å². The number of benzene rings is 1. The molecule has 1 rings (SSSR count). The Morgan fingerprint density at radius 3 is 2.76 bits per heavy atom. The van der Waals surface area contributed by atoms with E-state index in [1.165, 1.54) is 6.07 Å². The lowest BCUT2D eigenvalue weighted by atomic mass is 10.2. The Morgan fingerprint density at radius 1 is 1.24 bits per heavy atom. The van der Waals surface area contributed by atoms with Crippen LogP contribution in [-0.2, 0) is 4.74 Å². The Kier molecular flexibility index (Phi) is 6.58. The molecule has 17 heavy (non-hydrogen) atoms. The minimum atomic E-state index is -0.199. The summed E-state index contributed by atoms with van der Waals surface area (Å²) in [5.41, 5.74) is 0.607. The average Bonchev–Trinajstić information content (AvgIpc) is 2.32. The summed E-state index contributed by atoms with van der Waals surface area (Å²) in [6, 6.07) is 4.78. The molecule has 0 fully saturated rings. The third-order valence-electron chi connectivity index (χ3n) is 2.38. The van der Waals surface area contributed by atoms with E-state index in [2.05, 4.69) is 5.32 Å². The molecular weight excluding hydrogens is 221 g/mol. The number of hydrogen-bond donors (Lipinski definition) is 1.